The zero-order valence-corrected chi connectivity index (χ0v) is 10.7. The molecule has 2 aliphatic heterocycles. The minimum Gasteiger partial charge on any atom is -0.378 e. The van der Waals surface area contributed by atoms with Crippen LogP contribution in [0.5, 0.6) is 0 Å². The number of Topliss-reactive ketones (excluding diaryl/α,β-unsaturated/α-hetero) is 1. The van der Waals surface area contributed by atoms with E-state index in [0.717, 1.165) is 26.2 Å². The molecule has 0 N–H and O–H groups in total. The van der Waals surface area contributed by atoms with Gasteiger partial charge in [0.15, 0.2) is 0 Å². The van der Waals surface area contributed by atoms with E-state index in [1.54, 1.807) is 0 Å². The van der Waals surface area contributed by atoms with Gasteiger partial charge in [-0.05, 0) is 31.7 Å². The highest BCUT2D eigenvalue weighted by Crippen LogP contribution is 2.22. The van der Waals surface area contributed by atoms with E-state index in [0.29, 0.717) is 6.04 Å². The van der Waals surface area contributed by atoms with Crippen LogP contribution in [0.4, 0.5) is 0 Å². The van der Waals surface area contributed by atoms with Gasteiger partial charge in [0.05, 0.1) is 25.3 Å². The van der Waals surface area contributed by atoms with E-state index in [1.807, 2.05) is 13.8 Å². The molecule has 0 aromatic carbocycles. The smallest absolute Gasteiger partial charge is 0.208 e. The summed E-state index contributed by atoms with van der Waals surface area (Å²) in [6.45, 7) is 6.56. The normalized spacial score (nSPS) is 26.2. The second-order valence-corrected chi connectivity index (χ2v) is 5.23. The number of rotatable bonds is 2. The minimum atomic E-state index is 0.0200. The Hall–Kier alpha value is -0.850. The summed E-state index contributed by atoms with van der Waals surface area (Å²) in [5.41, 5.74) is 0. The Morgan fingerprint density at radius 1 is 1.35 bits per heavy atom. The first-order valence-corrected chi connectivity index (χ1v) is 6.57. The number of ether oxygens (including phenoxy) is 1. The number of nitrogens with zero attached hydrogens (tertiary/aromatic N) is 1. The van der Waals surface area contributed by atoms with Crippen LogP contribution in [-0.4, -0.2) is 42.5 Å². The van der Waals surface area contributed by atoms with Crippen molar-refractivity contribution in [3.8, 4) is 11.8 Å². The fourth-order valence-corrected chi connectivity index (χ4v) is 2.26. The Morgan fingerprint density at radius 2 is 2.12 bits per heavy atom. The Labute approximate surface area is 104 Å². The molecule has 0 spiro atoms. The lowest BCUT2D eigenvalue weighted by Crippen LogP contribution is -2.54. The first-order valence-electron chi connectivity index (χ1n) is 6.57. The van der Waals surface area contributed by atoms with E-state index >= 15 is 0 Å². The van der Waals surface area contributed by atoms with Crippen LogP contribution in [0.2, 0.25) is 0 Å². The van der Waals surface area contributed by atoms with E-state index < -0.39 is 0 Å². The highest BCUT2D eigenvalue weighted by atomic mass is 16.5. The van der Waals surface area contributed by atoms with Gasteiger partial charge >= 0.3 is 0 Å². The SMILES string of the molecule is CC(C)C(=O)C#CC1CCCCN1C1COC1. The molecule has 0 bridgehead atoms. The largest absolute Gasteiger partial charge is 0.378 e. The van der Waals surface area contributed by atoms with Crippen molar-refractivity contribution in [2.75, 3.05) is 19.8 Å². The van der Waals surface area contributed by atoms with Crippen molar-refractivity contribution in [1.29, 1.82) is 0 Å². The van der Waals surface area contributed by atoms with Crippen molar-refractivity contribution < 1.29 is 9.53 Å². The number of piperidine rings is 1. The van der Waals surface area contributed by atoms with Crippen LogP contribution in [0, 0.1) is 17.8 Å². The lowest BCUT2D eigenvalue weighted by atomic mass is 9.98. The van der Waals surface area contributed by atoms with Crippen LogP contribution in [0.1, 0.15) is 33.1 Å². The maximum atomic E-state index is 11.5. The number of carbonyl (C=O) groups is 1. The summed E-state index contributed by atoms with van der Waals surface area (Å²) in [7, 11) is 0. The molecule has 0 amide bonds. The molecule has 3 nitrogen and oxygen atoms in total. The fraction of sp³-hybridized carbons (Fsp3) is 0.786. The Kier molecular flexibility index (Phi) is 4.20. The number of hydrogen-bond donors (Lipinski definition) is 0. The molecule has 3 heteroatoms. The predicted molar refractivity (Wildman–Crippen MR) is 66.6 cm³/mol. The maximum Gasteiger partial charge on any atom is 0.208 e. The minimum absolute atomic E-state index is 0.0200. The topological polar surface area (TPSA) is 29.5 Å². The quantitative estimate of drug-likeness (QED) is 0.536. The van der Waals surface area contributed by atoms with Gasteiger partial charge < -0.3 is 4.74 Å². The average molecular weight is 235 g/mol. The summed E-state index contributed by atoms with van der Waals surface area (Å²) in [6.07, 6.45) is 3.56. The van der Waals surface area contributed by atoms with Crippen molar-refractivity contribution in [1.82, 2.24) is 4.90 Å². The Morgan fingerprint density at radius 3 is 2.71 bits per heavy atom. The number of hydrogen-bond acceptors (Lipinski definition) is 3. The molecule has 17 heavy (non-hydrogen) atoms. The second kappa shape index (κ2) is 5.66. The maximum absolute atomic E-state index is 11.5. The molecular weight excluding hydrogens is 214 g/mol. The van der Waals surface area contributed by atoms with Crippen molar-refractivity contribution in [2.45, 2.75) is 45.2 Å². The lowest BCUT2D eigenvalue weighted by Gasteiger charge is -2.42. The molecule has 0 radical (unpaired) electrons. The van der Waals surface area contributed by atoms with Crippen molar-refractivity contribution >= 4 is 5.78 Å². The van der Waals surface area contributed by atoms with Gasteiger partial charge in [0.1, 0.15) is 0 Å². The summed E-state index contributed by atoms with van der Waals surface area (Å²) in [6, 6.07) is 0.795. The standard InChI is InChI=1S/C14H21NO2/c1-11(2)14(16)7-6-12-5-3-4-8-15(12)13-9-17-10-13/h11-13H,3-5,8-10H2,1-2H3. The summed E-state index contributed by atoms with van der Waals surface area (Å²) in [5.74, 6) is 6.06. The number of ketones is 1. The zero-order valence-electron chi connectivity index (χ0n) is 10.7. The number of carbonyl (C=O) groups excluding carboxylic acids is 1. The Bertz CT molecular complexity index is 336. The third kappa shape index (κ3) is 3.08. The lowest BCUT2D eigenvalue weighted by molar-refractivity contribution is -0.116. The molecule has 1 unspecified atom stereocenters. The second-order valence-electron chi connectivity index (χ2n) is 5.23. The molecule has 0 aromatic rings. The molecule has 2 aliphatic rings. The van der Waals surface area contributed by atoms with Gasteiger partial charge in [0.2, 0.25) is 5.78 Å². The van der Waals surface area contributed by atoms with Crippen LogP contribution in [0.25, 0.3) is 0 Å². The van der Waals surface area contributed by atoms with Crippen LogP contribution < -0.4 is 0 Å². The van der Waals surface area contributed by atoms with Crippen LogP contribution in [-0.2, 0) is 9.53 Å². The third-order valence-corrected chi connectivity index (χ3v) is 3.52. The number of likely N-dealkylation sites (tertiary alicyclic amines) is 1. The fourth-order valence-electron chi connectivity index (χ4n) is 2.26. The van der Waals surface area contributed by atoms with Gasteiger partial charge in [0.25, 0.3) is 0 Å². The van der Waals surface area contributed by atoms with E-state index in [1.165, 1.54) is 12.8 Å². The van der Waals surface area contributed by atoms with E-state index in [4.69, 9.17) is 4.74 Å². The molecule has 2 rings (SSSR count). The summed E-state index contributed by atoms with van der Waals surface area (Å²) in [4.78, 5) is 14.0. The van der Waals surface area contributed by atoms with E-state index in [9.17, 15) is 4.79 Å². The summed E-state index contributed by atoms with van der Waals surface area (Å²) < 4.78 is 5.24. The zero-order chi connectivity index (χ0) is 12.3. The predicted octanol–water partition coefficient (Wildman–Crippen LogP) is 1.47. The Balaban J connectivity index is 1.98. The first kappa shape index (κ1) is 12.6. The molecule has 94 valence electrons. The average Bonchev–Trinajstić information content (AvgIpc) is 2.25. The highest BCUT2D eigenvalue weighted by molar-refractivity contribution is 5.96. The van der Waals surface area contributed by atoms with Crippen molar-refractivity contribution in [2.24, 2.45) is 5.92 Å². The van der Waals surface area contributed by atoms with Gasteiger partial charge in [-0.25, -0.2) is 0 Å². The molecule has 2 heterocycles. The van der Waals surface area contributed by atoms with Crippen molar-refractivity contribution in [3.63, 3.8) is 0 Å². The van der Waals surface area contributed by atoms with Gasteiger partial charge in [0, 0.05) is 5.92 Å². The molecule has 2 fully saturated rings. The molecular formula is C14H21NO2. The van der Waals surface area contributed by atoms with Gasteiger partial charge in [-0.15, -0.1) is 0 Å². The first-order chi connectivity index (χ1) is 8.18. The molecule has 0 aromatic heterocycles. The third-order valence-electron chi connectivity index (χ3n) is 3.52. The van der Waals surface area contributed by atoms with E-state index in [2.05, 4.69) is 16.7 Å². The van der Waals surface area contributed by atoms with Gasteiger partial charge in [-0.3, -0.25) is 9.69 Å². The monoisotopic (exact) mass is 235 g/mol. The molecule has 0 aliphatic carbocycles. The molecule has 2 saturated heterocycles. The van der Waals surface area contributed by atoms with Crippen LogP contribution >= 0.6 is 0 Å². The van der Waals surface area contributed by atoms with Crippen LogP contribution in [0.3, 0.4) is 0 Å². The highest BCUT2D eigenvalue weighted by Gasteiger charge is 2.32. The van der Waals surface area contributed by atoms with Crippen molar-refractivity contribution in [3.05, 3.63) is 0 Å². The van der Waals surface area contributed by atoms with Gasteiger partial charge in [-0.1, -0.05) is 19.8 Å². The summed E-state index contributed by atoms with van der Waals surface area (Å²) >= 11 is 0. The van der Waals surface area contributed by atoms with E-state index in [-0.39, 0.29) is 17.7 Å². The van der Waals surface area contributed by atoms with Crippen LogP contribution in [0.15, 0.2) is 0 Å². The van der Waals surface area contributed by atoms with Gasteiger partial charge in [-0.2, -0.15) is 0 Å². The molecule has 0 saturated carbocycles. The summed E-state index contributed by atoms with van der Waals surface area (Å²) in [5, 5.41) is 0. The molecule has 1 atom stereocenters.